The van der Waals surface area contributed by atoms with Crippen LogP contribution < -0.4 is 9.64 Å². The fourth-order valence-electron chi connectivity index (χ4n) is 8.06. The van der Waals surface area contributed by atoms with Crippen LogP contribution in [0.25, 0.3) is 58.5 Å². The second kappa shape index (κ2) is 11.5. The van der Waals surface area contributed by atoms with Crippen molar-refractivity contribution < 1.29 is 25.8 Å². The van der Waals surface area contributed by atoms with Gasteiger partial charge >= 0.3 is 21.1 Å². The molecule has 0 spiro atoms. The molecule has 0 aliphatic carbocycles. The summed E-state index contributed by atoms with van der Waals surface area (Å²) in [7, 11) is 0. The number of rotatable bonds is 3. The molecular formula is C45H28N4OPtS. The van der Waals surface area contributed by atoms with E-state index in [0.717, 1.165) is 55.5 Å². The SMILES string of the molecule is CC1(C)c2cccnc2N(c2[c-]c(Oc3[c-]c4c(cc3)c3ccccc3n3c5ccccc5nc43)ccc2)c2c1ccc1c2sc2ccccc21.[Pt+2]. The van der Waals surface area contributed by atoms with Crippen LogP contribution in [0.2, 0.25) is 0 Å². The van der Waals surface area contributed by atoms with Gasteiger partial charge in [0, 0.05) is 49.7 Å². The van der Waals surface area contributed by atoms with Gasteiger partial charge in [-0.1, -0.05) is 103 Å². The molecule has 7 heteroatoms. The smallest absolute Gasteiger partial charge is 0.503 e. The van der Waals surface area contributed by atoms with E-state index in [4.69, 9.17) is 14.7 Å². The zero-order chi connectivity index (χ0) is 33.8. The number of pyridine rings is 2. The largest absolute Gasteiger partial charge is 2.00 e. The Bertz CT molecular complexity index is 3070. The number of aromatic nitrogens is 3. The van der Waals surface area contributed by atoms with Crippen molar-refractivity contribution in [1.82, 2.24) is 14.4 Å². The van der Waals surface area contributed by atoms with Crippen LogP contribution in [0.15, 0.2) is 134 Å². The van der Waals surface area contributed by atoms with Crippen molar-refractivity contribution in [3.8, 4) is 11.5 Å². The summed E-state index contributed by atoms with van der Waals surface area (Å²) in [4.78, 5) is 12.3. The number of benzene rings is 6. The van der Waals surface area contributed by atoms with Gasteiger partial charge < -0.3 is 14.0 Å². The summed E-state index contributed by atoms with van der Waals surface area (Å²) >= 11 is 1.83. The number of anilines is 3. The van der Waals surface area contributed by atoms with E-state index in [0.29, 0.717) is 11.5 Å². The average Bonchev–Trinajstić information content (AvgIpc) is 3.75. The van der Waals surface area contributed by atoms with E-state index in [1.54, 1.807) is 0 Å². The number of para-hydroxylation sites is 3. The predicted molar refractivity (Wildman–Crippen MR) is 209 cm³/mol. The second-order valence-corrected chi connectivity index (χ2v) is 14.7. The summed E-state index contributed by atoms with van der Waals surface area (Å²) in [5.74, 6) is 2.11. The van der Waals surface area contributed by atoms with E-state index in [1.807, 2.05) is 47.9 Å². The summed E-state index contributed by atoms with van der Waals surface area (Å²) < 4.78 is 11.4. The van der Waals surface area contributed by atoms with E-state index < -0.39 is 0 Å². The number of ether oxygens (including phenoxy) is 1. The van der Waals surface area contributed by atoms with Gasteiger partial charge in [0.15, 0.2) is 0 Å². The first-order valence-corrected chi connectivity index (χ1v) is 17.9. The summed E-state index contributed by atoms with van der Waals surface area (Å²) in [5, 5.41) is 5.66. The van der Waals surface area contributed by atoms with Crippen LogP contribution in [-0.4, -0.2) is 14.4 Å². The van der Waals surface area contributed by atoms with Gasteiger partial charge in [-0.25, -0.2) is 4.98 Å². The van der Waals surface area contributed by atoms with E-state index in [1.165, 1.54) is 31.3 Å². The molecule has 0 saturated carbocycles. The van der Waals surface area contributed by atoms with Gasteiger partial charge in [-0.05, 0) is 41.3 Å². The van der Waals surface area contributed by atoms with Crippen molar-refractivity contribution in [3.05, 3.63) is 157 Å². The van der Waals surface area contributed by atoms with E-state index in [2.05, 4.69) is 132 Å². The molecule has 250 valence electrons. The van der Waals surface area contributed by atoms with Crippen LogP contribution in [0.5, 0.6) is 11.5 Å². The molecule has 0 radical (unpaired) electrons. The molecule has 10 aromatic rings. The topological polar surface area (TPSA) is 42.7 Å². The molecule has 0 saturated heterocycles. The third kappa shape index (κ3) is 4.38. The van der Waals surface area contributed by atoms with E-state index >= 15 is 0 Å². The van der Waals surface area contributed by atoms with Gasteiger partial charge in [0.2, 0.25) is 0 Å². The summed E-state index contributed by atoms with van der Waals surface area (Å²) in [6, 6.07) is 51.6. The second-order valence-electron chi connectivity index (χ2n) is 13.7. The Balaban J connectivity index is 0.00000338. The number of nitrogens with zero attached hydrogens (tertiary/aromatic N) is 4. The standard InChI is InChI=1S/C45H28N4OS.Pt/c1-45(2)35-23-22-33-32-14-4-8-19-40(32)51-42(33)41(35)48(44-36(45)15-10-24-46-44)27-11-9-12-28(25-27)50-29-20-21-30-31-13-3-6-17-38(31)49-39-18-7-5-16-37(39)47-43(49)34(30)26-29;/h3-24H,1-2H3;/q-2;+2. The van der Waals surface area contributed by atoms with Crippen LogP contribution >= 0.6 is 11.3 Å². The molecule has 0 unspecified atom stereocenters. The maximum Gasteiger partial charge on any atom is 2.00 e. The Kier molecular flexibility index (Phi) is 6.89. The minimum absolute atomic E-state index is 0. The summed E-state index contributed by atoms with van der Waals surface area (Å²) in [5.41, 5.74) is 8.18. The number of fused-ring (bicyclic) bond motifs is 14. The molecule has 4 aromatic heterocycles. The van der Waals surface area contributed by atoms with Gasteiger partial charge in [-0.3, -0.25) is 4.98 Å². The molecule has 1 aliphatic rings. The van der Waals surface area contributed by atoms with Crippen molar-refractivity contribution >= 4 is 87.1 Å². The minimum atomic E-state index is -0.249. The quantitative estimate of drug-likeness (QED) is 0.131. The minimum Gasteiger partial charge on any atom is -0.503 e. The number of hydrogen-bond donors (Lipinski definition) is 0. The van der Waals surface area contributed by atoms with Crippen LogP contribution in [-0.2, 0) is 26.5 Å². The predicted octanol–water partition coefficient (Wildman–Crippen LogP) is 12.1. The first kappa shape index (κ1) is 31.2. The zero-order valence-electron chi connectivity index (χ0n) is 28.1. The molecular weight excluding hydrogens is 840 g/mol. The molecule has 0 N–H and O–H groups in total. The van der Waals surface area contributed by atoms with Gasteiger partial charge in [0.25, 0.3) is 0 Å². The monoisotopic (exact) mass is 867 g/mol. The van der Waals surface area contributed by atoms with Crippen molar-refractivity contribution in [1.29, 1.82) is 0 Å². The first-order chi connectivity index (χ1) is 25.0. The van der Waals surface area contributed by atoms with Gasteiger partial charge in [-0.2, -0.15) is 6.07 Å². The first-order valence-electron chi connectivity index (χ1n) is 17.1. The van der Waals surface area contributed by atoms with E-state index in [-0.39, 0.29) is 26.5 Å². The molecule has 0 bridgehead atoms. The van der Waals surface area contributed by atoms with Crippen molar-refractivity contribution in [3.63, 3.8) is 0 Å². The Labute approximate surface area is 318 Å². The third-order valence-electron chi connectivity index (χ3n) is 10.4. The molecule has 5 nitrogen and oxygen atoms in total. The van der Waals surface area contributed by atoms with Crippen LogP contribution in [0.4, 0.5) is 17.2 Å². The van der Waals surface area contributed by atoms with E-state index in [9.17, 15) is 0 Å². The van der Waals surface area contributed by atoms with Crippen LogP contribution in [0.3, 0.4) is 0 Å². The Morgan fingerprint density at radius 3 is 2.33 bits per heavy atom. The van der Waals surface area contributed by atoms with Gasteiger partial charge in [0.05, 0.1) is 27.1 Å². The van der Waals surface area contributed by atoms with Gasteiger partial charge in [-0.15, -0.1) is 41.7 Å². The van der Waals surface area contributed by atoms with Crippen LogP contribution in [0, 0.1) is 12.1 Å². The van der Waals surface area contributed by atoms with Crippen molar-refractivity contribution in [2.24, 2.45) is 0 Å². The van der Waals surface area contributed by atoms with Gasteiger partial charge in [0.1, 0.15) is 5.82 Å². The molecule has 0 amide bonds. The molecule has 0 fully saturated rings. The fourth-order valence-corrected chi connectivity index (χ4v) is 9.30. The molecule has 1 aliphatic heterocycles. The maximum atomic E-state index is 6.61. The number of imidazole rings is 1. The Morgan fingerprint density at radius 1 is 0.654 bits per heavy atom. The molecule has 0 atom stereocenters. The van der Waals surface area contributed by atoms with Crippen molar-refractivity contribution in [2.75, 3.05) is 4.90 Å². The molecule has 52 heavy (non-hydrogen) atoms. The summed E-state index contributed by atoms with van der Waals surface area (Å²) in [6.07, 6.45) is 1.88. The Morgan fingerprint density at radius 2 is 1.42 bits per heavy atom. The summed E-state index contributed by atoms with van der Waals surface area (Å²) in [6.45, 7) is 4.59. The van der Waals surface area contributed by atoms with Crippen molar-refractivity contribution in [2.45, 2.75) is 19.3 Å². The third-order valence-corrected chi connectivity index (χ3v) is 11.6. The normalized spacial score (nSPS) is 13.5. The maximum absolute atomic E-state index is 6.61. The molecule has 6 aromatic carbocycles. The number of hydrogen-bond acceptors (Lipinski definition) is 5. The molecule has 5 heterocycles. The number of thiophene rings is 1. The fraction of sp³-hybridized carbons (Fsp3) is 0.0667. The molecule has 11 rings (SSSR count). The van der Waals surface area contributed by atoms with Crippen LogP contribution in [0.1, 0.15) is 25.0 Å². The Hall–Kier alpha value is -5.55. The average molecular weight is 868 g/mol. The zero-order valence-corrected chi connectivity index (χ0v) is 31.2.